The summed E-state index contributed by atoms with van der Waals surface area (Å²) >= 11 is 0. The van der Waals surface area contributed by atoms with E-state index in [1.807, 2.05) is 12.4 Å². The molecular formula is C26H34FN5O3. The van der Waals surface area contributed by atoms with Crippen molar-refractivity contribution in [1.29, 1.82) is 0 Å². The number of hydrogen-bond donors (Lipinski definition) is 1. The minimum atomic E-state index is -0.668. The van der Waals surface area contributed by atoms with E-state index in [9.17, 15) is 14.0 Å². The summed E-state index contributed by atoms with van der Waals surface area (Å²) in [6.07, 6.45) is 10.1. The third-order valence-corrected chi connectivity index (χ3v) is 7.04. The van der Waals surface area contributed by atoms with Gasteiger partial charge in [0.1, 0.15) is 17.6 Å². The van der Waals surface area contributed by atoms with E-state index in [-0.39, 0.29) is 5.56 Å². The fourth-order valence-corrected chi connectivity index (χ4v) is 4.90. The van der Waals surface area contributed by atoms with Crippen LogP contribution >= 0.6 is 0 Å². The van der Waals surface area contributed by atoms with Gasteiger partial charge in [0, 0.05) is 38.1 Å². The second-order valence-corrected chi connectivity index (χ2v) is 9.37. The Morgan fingerprint density at radius 3 is 2.54 bits per heavy atom. The van der Waals surface area contributed by atoms with E-state index in [4.69, 9.17) is 10.5 Å². The van der Waals surface area contributed by atoms with Crippen LogP contribution in [0.15, 0.2) is 30.6 Å². The van der Waals surface area contributed by atoms with Crippen LogP contribution in [0, 0.1) is 11.7 Å². The molecule has 0 aliphatic carbocycles. The van der Waals surface area contributed by atoms with Crippen molar-refractivity contribution in [3.63, 3.8) is 0 Å². The summed E-state index contributed by atoms with van der Waals surface area (Å²) in [5.41, 5.74) is 6.46. The fraction of sp³-hybridized carbons (Fsp3) is 0.538. The summed E-state index contributed by atoms with van der Waals surface area (Å²) in [6.45, 7) is 4.89. The number of nitrogens with zero attached hydrogens (tertiary/aromatic N) is 4. The number of ether oxygens (including phenoxy) is 1. The first-order valence-electron chi connectivity index (χ1n) is 12.5. The van der Waals surface area contributed by atoms with Gasteiger partial charge in [-0.05, 0) is 68.6 Å². The van der Waals surface area contributed by atoms with Crippen molar-refractivity contribution < 1.29 is 18.7 Å². The van der Waals surface area contributed by atoms with Crippen LogP contribution in [0.2, 0.25) is 0 Å². The quantitative estimate of drug-likeness (QED) is 0.549. The lowest BCUT2D eigenvalue weighted by atomic mass is 9.92. The van der Waals surface area contributed by atoms with E-state index >= 15 is 0 Å². The summed E-state index contributed by atoms with van der Waals surface area (Å²) < 4.78 is 20.4. The first kappa shape index (κ1) is 24.9. The second kappa shape index (κ2) is 11.5. The number of rotatable bonds is 9. The van der Waals surface area contributed by atoms with Crippen LogP contribution in [0.5, 0.6) is 5.75 Å². The van der Waals surface area contributed by atoms with Crippen molar-refractivity contribution >= 4 is 17.8 Å². The van der Waals surface area contributed by atoms with Crippen molar-refractivity contribution in [3.05, 3.63) is 47.5 Å². The molecule has 8 nitrogen and oxygen atoms in total. The van der Waals surface area contributed by atoms with Crippen molar-refractivity contribution in [1.82, 2.24) is 14.9 Å². The normalized spacial score (nSPS) is 18.6. The SMILES string of the molecule is CCc1cnc(N2CCC(CCCOc3ccc(C(=O)N4CCC[C@H]4C(N)=O)c(F)c3)CC2)nc1. The maximum atomic E-state index is 14.6. The smallest absolute Gasteiger partial charge is 0.257 e. The van der Waals surface area contributed by atoms with Crippen LogP contribution in [-0.4, -0.2) is 59.0 Å². The molecule has 3 heterocycles. The number of nitrogens with two attached hydrogens (primary N) is 1. The largest absolute Gasteiger partial charge is 0.493 e. The van der Waals surface area contributed by atoms with Crippen molar-refractivity contribution in [3.8, 4) is 5.75 Å². The van der Waals surface area contributed by atoms with E-state index in [0.29, 0.717) is 37.7 Å². The van der Waals surface area contributed by atoms with Crippen LogP contribution in [0.1, 0.15) is 61.4 Å². The van der Waals surface area contributed by atoms with Crippen LogP contribution < -0.4 is 15.4 Å². The highest BCUT2D eigenvalue weighted by Crippen LogP contribution is 2.26. The number of carbonyl (C=O) groups excluding carboxylic acids is 2. The highest BCUT2D eigenvalue weighted by atomic mass is 19.1. The van der Waals surface area contributed by atoms with Gasteiger partial charge in [-0.15, -0.1) is 0 Å². The van der Waals surface area contributed by atoms with E-state index < -0.39 is 23.7 Å². The van der Waals surface area contributed by atoms with E-state index in [1.54, 1.807) is 6.07 Å². The van der Waals surface area contributed by atoms with Crippen LogP contribution in [0.3, 0.4) is 0 Å². The molecule has 4 rings (SSSR count). The number of amides is 2. The maximum Gasteiger partial charge on any atom is 0.257 e. The molecule has 2 saturated heterocycles. The Balaban J connectivity index is 1.20. The Labute approximate surface area is 205 Å². The van der Waals surface area contributed by atoms with Gasteiger partial charge in [-0.1, -0.05) is 6.92 Å². The number of carbonyl (C=O) groups is 2. The Morgan fingerprint density at radius 2 is 1.89 bits per heavy atom. The second-order valence-electron chi connectivity index (χ2n) is 9.37. The molecule has 0 bridgehead atoms. The standard InChI is InChI=1S/C26H34FN5O3/c1-2-18-16-29-26(30-17-18)31-12-9-19(10-13-31)5-4-14-35-20-7-8-21(22(27)15-20)25(34)32-11-3-6-23(32)24(28)33/h7-8,15-17,19,23H,2-6,9-14H2,1H3,(H2,28,33)/t23-/m0/s1. The first-order valence-corrected chi connectivity index (χ1v) is 12.5. The minimum absolute atomic E-state index is 0.0643. The van der Waals surface area contributed by atoms with Gasteiger partial charge in [-0.25, -0.2) is 14.4 Å². The monoisotopic (exact) mass is 483 g/mol. The Kier molecular flexibility index (Phi) is 8.15. The van der Waals surface area contributed by atoms with E-state index in [1.165, 1.54) is 17.0 Å². The summed E-state index contributed by atoms with van der Waals surface area (Å²) in [7, 11) is 0. The fourth-order valence-electron chi connectivity index (χ4n) is 4.90. The molecule has 1 aromatic heterocycles. The third-order valence-electron chi connectivity index (χ3n) is 7.04. The average molecular weight is 484 g/mol. The molecule has 1 aromatic carbocycles. The lowest BCUT2D eigenvalue weighted by molar-refractivity contribution is -0.121. The summed E-state index contributed by atoms with van der Waals surface area (Å²) in [4.78, 5) is 36.8. The van der Waals surface area contributed by atoms with Gasteiger partial charge in [0.15, 0.2) is 0 Å². The molecule has 2 aliphatic rings. The molecule has 0 radical (unpaired) electrons. The molecule has 2 aromatic rings. The number of anilines is 1. The van der Waals surface area contributed by atoms with Gasteiger partial charge in [0.2, 0.25) is 11.9 Å². The number of benzene rings is 1. The Hall–Kier alpha value is -3.23. The number of hydrogen-bond acceptors (Lipinski definition) is 6. The molecule has 1 atom stereocenters. The Morgan fingerprint density at radius 1 is 1.14 bits per heavy atom. The molecule has 0 spiro atoms. The average Bonchev–Trinajstić information content (AvgIpc) is 3.37. The van der Waals surface area contributed by atoms with Gasteiger partial charge in [-0.3, -0.25) is 9.59 Å². The first-order chi connectivity index (χ1) is 17.0. The zero-order valence-corrected chi connectivity index (χ0v) is 20.3. The van der Waals surface area contributed by atoms with Crippen molar-refractivity contribution in [2.24, 2.45) is 11.7 Å². The lowest BCUT2D eigenvalue weighted by Crippen LogP contribution is -2.43. The molecule has 9 heteroatoms. The molecule has 2 aliphatic heterocycles. The number of primary amides is 1. The van der Waals surface area contributed by atoms with Gasteiger partial charge in [-0.2, -0.15) is 0 Å². The highest BCUT2D eigenvalue weighted by Gasteiger charge is 2.34. The number of halogens is 1. The zero-order valence-electron chi connectivity index (χ0n) is 20.3. The topological polar surface area (TPSA) is 102 Å². The summed E-state index contributed by atoms with van der Waals surface area (Å²) in [5, 5.41) is 0. The van der Waals surface area contributed by atoms with Gasteiger partial charge in [0.25, 0.3) is 5.91 Å². The molecule has 35 heavy (non-hydrogen) atoms. The van der Waals surface area contributed by atoms with Crippen LogP contribution in [0.4, 0.5) is 10.3 Å². The molecule has 0 unspecified atom stereocenters. The summed E-state index contributed by atoms with van der Waals surface area (Å²) in [5.74, 6) is 0.121. The molecule has 188 valence electrons. The molecule has 2 amide bonds. The van der Waals surface area contributed by atoms with E-state index in [2.05, 4.69) is 21.8 Å². The Bertz CT molecular complexity index is 1020. The maximum absolute atomic E-state index is 14.6. The highest BCUT2D eigenvalue weighted by molar-refractivity contribution is 5.98. The van der Waals surface area contributed by atoms with Gasteiger partial charge < -0.3 is 20.3 Å². The van der Waals surface area contributed by atoms with Crippen LogP contribution in [-0.2, 0) is 11.2 Å². The number of aromatic nitrogens is 2. The predicted molar refractivity (Wildman–Crippen MR) is 131 cm³/mol. The number of likely N-dealkylation sites (tertiary alicyclic amines) is 1. The minimum Gasteiger partial charge on any atom is -0.493 e. The molecule has 2 N–H and O–H groups in total. The van der Waals surface area contributed by atoms with Crippen LogP contribution in [0.25, 0.3) is 0 Å². The number of aryl methyl sites for hydroxylation is 1. The molecular weight excluding hydrogens is 449 g/mol. The predicted octanol–water partition coefficient (Wildman–Crippen LogP) is 3.34. The van der Waals surface area contributed by atoms with Gasteiger partial charge in [0.05, 0.1) is 12.2 Å². The van der Waals surface area contributed by atoms with E-state index in [0.717, 1.165) is 56.7 Å². The third kappa shape index (κ3) is 6.07. The lowest BCUT2D eigenvalue weighted by Gasteiger charge is -2.32. The number of piperidine rings is 1. The van der Waals surface area contributed by atoms with Gasteiger partial charge >= 0.3 is 0 Å². The zero-order chi connectivity index (χ0) is 24.8. The summed E-state index contributed by atoms with van der Waals surface area (Å²) in [6, 6.07) is 3.60. The molecule has 2 fully saturated rings. The van der Waals surface area contributed by atoms with Crippen molar-refractivity contribution in [2.75, 3.05) is 31.1 Å². The molecule has 0 saturated carbocycles. The van der Waals surface area contributed by atoms with Crippen molar-refractivity contribution in [2.45, 2.75) is 57.9 Å².